The minimum atomic E-state index is 0.521. The third-order valence-corrected chi connectivity index (χ3v) is 6.15. The molecule has 1 saturated heterocycles. The molecule has 1 aliphatic rings. The summed E-state index contributed by atoms with van der Waals surface area (Å²) in [5.74, 6) is 3.67. The first kappa shape index (κ1) is 18.8. The lowest BCUT2D eigenvalue weighted by atomic mass is 10.2. The molecule has 1 atom stereocenters. The molecule has 6 nitrogen and oxygen atoms in total. The summed E-state index contributed by atoms with van der Waals surface area (Å²) < 4.78 is 2.00. The van der Waals surface area contributed by atoms with E-state index in [4.69, 9.17) is 4.99 Å². The van der Waals surface area contributed by atoms with Crippen molar-refractivity contribution in [2.24, 2.45) is 10.9 Å². The monoisotopic (exact) mass is 394 g/mol. The lowest BCUT2D eigenvalue weighted by Crippen LogP contribution is -2.40. The molecular formula is C21H26N6S. The van der Waals surface area contributed by atoms with E-state index >= 15 is 0 Å². The standard InChI is InChI=1S/C21H26N6S/c1-2-22-21(23-14-20-25-24-19-10-6-7-12-27(19)20)26-13-11-17(15-26)16-28-18-8-4-3-5-9-18/h3-10,12,17H,2,11,13-16H2,1H3,(H,22,23). The molecule has 1 aliphatic heterocycles. The Bertz CT molecular complexity index is 923. The summed E-state index contributed by atoms with van der Waals surface area (Å²) in [6, 6.07) is 16.6. The van der Waals surface area contributed by atoms with Gasteiger partial charge in [-0.05, 0) is 43.5 Å². The van der Waals surface area contributed by atoms with Crippen LogP contribution in [0.15, 0.2) is 64.6 Å². The quantitative estimate of drug-likeness (QED) is 0.395. The fourth-order valence-corrected chi connectivity index (χ4v) is 4.51. The predicted molar refractivity (Wildman–Crippen MR) is 115 cm³/mol. The van der Waals surface area contributed by atoms with Crippen LogP contribution in [0.5, 0.6) is 0 Å². The zero-order valence-electron chi connectivity index (χ0n) is 16.2. The third-order valence-electron chi connectivity index (χ3n) is 4.90. The molecule has 3 aromatic rings. The molecule has 1 N–H and O–H groups in total. The van der Waals surface area contributed by atoms with Crippen LogP contribution in [0.2, 0.25) is 0 Å². The lowest BCUT2D eigenvalue weighted by Gasteiger charge is -2.21. The number of guanidine groups is 1. The number of aromatic nitrogens is 3. The SMILES string of the molecule is CCNC(=NCc1nnc2ccccn12)N1CCC(CSc2ccccc2)C1. The second kappa shape index (κ2) is 9.10. The van der Waals surface area contributed by atoms with Crippen molar-refractivity contribution in [3.63, 3.8) is 0 Å². The van der Waals surface area contributed by atoms with Crippen molar-refractivity contribution < 1.29 is 0 Å². The molecule has 4 rings (SSSR count). The summed E-state index contributed by atoms with van der Waals surface area (Å²) in [6.07, 6.45) is 3.19. The van der Waals surface area contributed by atoms with Gasteiger partial charge >= 0.3 is 0 Å². The fourth-order valence-electron chi connectivity index (χ4n) is 3.46. The van der Waals surface area contributed by atoms with Gasteiger partial charge in [-0.3, -0.25) is 4.40 Å². The Kier molecular flexibility index (Phi) is 6.11. The molecule has 28 heavy (non-hydrogen) atoms. The summed E-state index contributed by atoms with van der Waals surface area (Å²) in [4.78, 5) is 8.57. The van der Waals surface area contributed by atoms with Crippen LogP contribution in [-0.4, -0.2) is 50.8 Å². The van der Waals surface area contributed by atoms with Crippen molar-refractivity contribution in [1.29, 1.82) is 0 Å². The number of nitrogens with zero attached hydrogens (tertiary/aromatic N) is 5. The van der Waals surface area contributed by atoms with Crippen LogP contribution in [-0.2, 0) is 6.54 Å². The number of hydrogen-bond donors (Lipinski definition) is 1. The van der Waals surface area contributed by atoms with Gasteiger partial charge in [0.25, 0.3) is 0 Å². The van der Waals surface area contributed by atoms with Gasteiger partial charge in [-0.1, -0.05) is 24.3 Å². The van der Waals surface area contributed by atoms with E-state index < -0.39 is 0 Å². The van der Waals surface area contributed by atoms with Crippen LogP contribution in [0.25, 0.3) is 5.65 Å². The van der Waals surface area contributed by atoms with E-state index in [0.717, 1.165) is 42.8 Å². The van der Waals surface area contributed by atoms with Gasteiger partial charge in [-0.15, -0.1) is 22.0 Å². The first-order valence-electron chi connectivity index (χ1n) is 9.83. The lowest BCUT2D eigenvalue weighted by molar-refractivity contribution is 0.474. The summed E-state index contributed by atoms with van der Waals surface area (Å²) >= 11 is 1.95. The van der Waals surface area contributed by atoms with Crippen LogP contribution in [0.3, 0.4) is 0 Å². The Hall–Kier alpha value is -2.54. The fraction of sp³-hybridized carbons (Fsp3) is 0.381. The van der Waals surface area contributed by atoms with Crippen molar-refractivity contribution in [3.05, 3.63) is 60.6 Å². The van der Waals surface area contributed by atoms with E-state index in [-0.39, 0.29) is 0 Å². The van der Waals surface area contributed by atoms with Crippen LogP contribution in [0.4, 0.5) is 0 Å². The maximum Gasteiger partial charge on any atom is 0.194 e. The van der Waals surface area contributed by atoms with E-state index in [0.29, 0.717) is 12.5 Å². The molecule has 3 heterocycles. The van der Waals surface area contributed by atoms with Crippen molar-refractivity contribution in [3.8, 4) is 0 Å². The van der Waals surface area contributed by atoms with Gasteiger partial charge in [0.2, 0.25) is 0 Å². The topological polar surface area (TPSA) is 57.8 Å². The van der Waals surface area contributed by atoms with Crippen molar-refractivity contribution in [1.82, 2.24) is 24.8 Å². The molecule has 0 aliphatic carbocycles. The van der Waals surface area contributed by atoms with Gasteiger partial charge in [0, 0.05) is 36.5 Å². The molecule has 0 bridgehead atoms. The van der Waals surface area contributed by atoms with Crippen LogP contribution >= 0.6 is 11.8 Å². The van der Waals surface area contributed by atoms with Gasteiger partial charge < -0.3 is 10.2 Å². The molecular weight excluding hydrogens is 368 g/mol. The van der Waals surface area contributed by atoms with E-state index in [1.54, 1.807) is 0 Å². The van der Waals surface area contributed by atoms with Crippen molar-refractivity contribution in [2.75, 3.05) is 25.4 Å². The molecule has 146 valence electrons. The van der Waals surface area contributed by atoms with Gasteiger partial charge in [0.05, 0.1) is 0 Å². The first-order chi connectivity index (χ1) is 13.8. The highest BCUT2D eigenvalue weighted by atomic mass is 32.2. The van der Waals surface area contributed by atoms with Crippen molar-refractivity contribution in [2.45, 2.75) is 24.8 Å². The van der Waals surface area contributed by atoms with Crippen molar-refractivity contribution >= 4 is 23.4 Å². The number of fused-ring (bicyclic) bond motifs is 1. The van der Waals surface area contributed by atoms with Crippen LogP contribution in [0, 0.1) is 5.92 Å². The van der Waals surface area contributed by atoms with E-state index in [9.17, 15) is 0 Å². The van der Waals surface area contributed by atoms with Crippen LogP contribution < -0.4 is 5.32 Å². The Labute approximate surface area is 170 Å². The summed E-state index contributed by atoms with van der Waals surface area (Å²) in [5, 5.41) is 11.9. The number of likely N-dealkylation sites (tertiary alicyclic amines) is 1. The highest BCUT2D eigenvalue weighted by molar-refractivity contribution is 7.99. The number of rotatable bonds is 6. The Morgan fingerprint density at radius 2 is 2.04 bits per heavy atom. The average molecular weight is 395 g/mol. The van der Waals surface area contributed by atoms with Gasteiger partial charge in [-0.2, -0.15) is 0 Å². The van der Waals surface area contributed by atoms with E-state index in [1.807, 2.05) is 40.6 Å². The minimum absolute atomic E-state index is 0.521. The zero-order valence-corrected chi connectivity index (χ0v) is 17.0. The smallest absolute Gasteiger partial charge is 0.194 e. The molecule has 0 amide bonds. The average Bonchev–Trinajstić information content (AvgIpc) is 3.38. The normalized spacial score (nSPS) is 17.4. The Morgan fingerprint density at radius 3 is 2.89 bits per heavy atom. The first-order valence-corrected chi connectivity index (χ1v) is 10.8. The predicted octanol–water partition coefficient (Wildman–Crippen LogP) is 3.31. The Balaban J connectivity index is 1.38. The molecule has 7 heteroatoms. The summed E-state index contributed by atoms with van der Waals surface area (Å²) in [5.41, 5.74) is 0.858. The van der Waals surface area contributed by atoms with Crippen LogP contribution in [0.1, 0.15) is 19.2 Å². The minimum Gasteiger partial charge on any atom is -0.357 e. The van der Waals surface area contributed by atoms with Gasteiger partial charge in [-0.25, -0.2) is 4.99 Å². The number of thioether (sulfide) groups is 1. The highest BCUT2D eigenvalue weighted by Crippen LogP contribution is 2.25. The maximum absolute atomic E-state index is 4.84. The number of aliphatic imine (C=N–C) groups is 1. The summed E-state index contributed by atoms with van der Waals surface area (Å²) in [6.45, 7) is 5.59. The second-order valence-corrected chi connectivity index (χ2v) is 8.03. The maximum atomic E-state index is 4.84. The number of pyridine rings is 1. The van der Waals surface area contributed by atoms with Gasteiger partial charge in [0.15, 0.2) is 17.4 Å². The van der Waals surface area contributed by atoms with E-state index in [2.05, 4.69) is 57.7 Å². The summed E-state index contributed by atoms with van der Waals surface area (Å²) in [7, 11) is 0. The molecule has 0 radical (unpaired) electrons. The Morgan fingerprint density at radius 1 is 1.18 bits per heavy atom. The number of benzene rings is 1. The zero-order chi connectivity index (χ0) is 19.2. The highest BCUT2D eigenvalue weighted by Gasteiger charge is 2.25. The molecule has 1 fully saturated rings. The third kappa shape index (κ3) is 4.47. The largest absolute Gasteiger partial charge is 0.357 e. The molecule has 1 unspecified atom stereocenters. The molecule has 2 aromatic heterocycles. The second-order valence-electron chi connectivity index (χ2n) is 6.94. The number of hydrogen-bond acceptors (Lipinski definition) is 4. The number of nitrogens with one attached hydrogen (secondary N) is 1. The van der Waals surface area contributed by atoms with Gasteiger partial charge in [0.1, 0.15) is 6.54 Å². The molecule has 1 aromatic carbocycles. The molecule has 0 spiro atoms. The van der Waals surface area contributed by atoms with E-state index in [1.165, 1.54) is 11.3 Å². The molecule has 0 saturated carbocycles.